The van der Waals surface area contributed by atoms with Gasteiger partial charge in [0.25, 0.3) is 0 Å². The summed E-state index contributed by atoms with van der Waals surface area (Å²) in [5.41, 5.74) is 5.69. The molecule has 0 aliphatic carbocycles. The Labute approximate surface area is 143 Å². The third-order valence-corrected chi connectivity index (χ3v) is 5.29. The normalized spacial score (nSPS) is 10.9. The first-order chi connectivity index (χ1) is 10.7. The molecule has 22 heavy (non-hydrogen) atoms. The number of hydrogen-bond donors (Lipinski definition) is 0. The van der Waals surface area contributed by atoms with Gasteiger partial charge in [-0.25, -0.2) is 4.98 Å². The number of aromatic nitrogens is 2. The summed E-state index contributed by atoms with van der Waals surface area (Å²) in [6.45, 7) is 4.26. The van der Waals surface area contributed by atoms with E-state index in [1.807, 2.05) is 12.3 Å². The van der Waals surface area contributed by atoms with Crippen LogP contribution in [0.5, 0.6) is 0 Å². The number of benzene rings is 1. The van der Waals surface area contributed by atoms with Crippen molar-refractivity contribution < 1.29 is 0 Å². The highest BCUT2D eigenvalue weighted by atomic mass is 79.9. The van der Waals surface area contributed by atoms with Crippen molar-refractivity contribution in [1.29, 1.82) is 0 Å². The average Bonchev–Trinajstić information content (AvgIpc) is 3.01. The van der Waals surface area contributed by atoms with E-state index in [4.69, 9.17) is 4.98 Å². The van der Waals surface area contributed by atoms with Crippen molar-refractivity contribution in [2.24, 2.45) is 0 Å². The molecular weight excluding hydrogens is 356 g/mol. The van der Waals surface area contributed by atoms with Crippen LogP contribution in [0.2, 0.25) is 0 Å². The third kappa shape index (κ3) is 3.28. The lowest BCUT2D eigenvalue weighted by molar-refractivity contribution is 0.883. The monoisotopic (exact) mass is 372 g/mol. The number of aryl methyl sites for hydroxylation is 2. The Balaban J connectivity index is 1.93. The Hall–Kier alpha value is -1.52. The van der Waals surface area contributed by atoms with Crippen LogP contribution in [0.1, 0.15) is 24.6 Å². The molecule has 0 amide bonds. The van der Waals surface area contributed by atoms with Gasteiger partial charge in [-0.05, 0) is 37.1 Å². The fourth-order valence-electron chi connectivity index (χ4n) is 2.30. The quantitative estimate of drug-likeness (QED) is 0.569. The molecular formula is C18H17BrN2S. The molecule has 0 spiro atoms. The van der Waals surface area contributed by atoms with Gasteiger partial charge < -0.3 is 0 Å². The van der Waals surface area contributed by atoms with Crippen LogP contribution in [-0.4, -0.2) is 9.97 Å². The van der Waals surface area contributed by atoms with E-state index in [0.29, 0.717) is 0 Å². The van der Waals surface area contributed by atoms with Gasteiger partial charge in [0, 0.05) is 32.9 Å². The maximum Gasteiger partial charge on any atom is 0.124 e. The lowest BCUT2D eigenvalue weighted by atomic mass is 10.1. The van der Waals surface area contributed by atoms with Crippen LogP contribution in [-0.2, 0) is 6.42 Å². The number of pyridine rings is 1. The van der Waals surface area contributed by atoms with Crippen molar-refractivity contribution in [2.75, 3.05) is 0 Å². The van der Waals surface area contributed by atoms with Gasteiger partial charge in [0.2, 0.25) is 0 Å². The van der Waals surface area contributed by atoms with E-state index < -0.39 is 0 Å². The molecule has 3 rings (SSSR count). The summed E-state index contributed by atoms with van der Waals surface area (Å²) >= 11 is 5.27. The molecule has 0 bridgehead atoms. The summed E-state index contributed by atoms with van der Waals surface area (Å²) in [4.78, 5) is 9.20. The van der Waals surface area contributed by atoms with Crippen molar-refractivity contribution in [2.45, 2.75) is 26.7 Å². The Bertz CT molecular complexity index is 795. The van der Waals surface area contributed by atoms with Crippen LogP contribution >= 0.6 is 27.3 Å². The minimum atomic E-state index is 1.01. The molecule has 0 aliphatic rings. The highest BCUT2D eigenvalue weighted by molar-refractivity contribution is 9.10. The summed E-state index contributed by atoms with van der Waals surface area (Å²) in [5.74, 6) is 0. The van der Waals surface area contributed by atoms with Crippen LogP contribution in [0.25, 0.3) is 21.8 Å². The lowest BCUT2D eigenvalue weighted by Gasteiger charge is -2.02. The molecule has 112 valence electrons. The molecule has 1 aromatic carbocycles. The van der Waals surface area contributed by atoms with Crippen molar-refractivity contribution in [1.82, 2.24) is 9.97 Å². The zero-order valence-corrected chi connectivity index (χ0v) is 15.0. The van der Waals surface area contributed by atoms with E-state index in [9.17, 15) is 0 Å². The molecule has 0 N–H and O–H groups in total. The first-order valence-corrected chi connectivity index (χ1v) is 9.02. The molecule has 0 aliphatic heterocycles. The third-order valence-electron chi connectivity index (χ3n) is 3.54. The molecule has 0 saturated heterocycles. The van der Waals surface area contributed by atoms with Crippen LogP contribution in [0.4, 0.5) is 0 Å². The average molecular weight is 373 g/mol. The van der Waals surface area contributed by atoms with E-state index in [1.165, 1.54) is 5.56 Å². The predicted octanol–water partition coefficient (Wildman–Crippen LogP) is 5.90. The fourth-order valence-corrected chi connectivity index (χ4v) is 3.50. The van der Waals surface area contributed by atoms with Gasteiger partial charge >= 0.3 is 0 Å². The van der Waals surface area contributed by atoms with Crippen LogP contribution in [0.15, 0.2) is 46.4 Å². The Morgan fingerprint density at radius 2 is 2.00 bits per heavy atom. The summed E-state index contributed by atoms with van der Waals surface area (Å²) in [6, 6.07) is 10.5. The van der Waals surface area contributed by atoms with Gasteiger partial charge in [-0.2, -0.15) is 0 Å². The number of rotatable bonds is 4. The zero-order chi connectivity index (χ0) is 15.5. The van der Waals surface area contributed by atoms with Crippen molar-refractivity contribution >= 4 is 27.3 Å². The Kier molecular flexibility index (Phi) is 4.69. The van der Waals surface area contributed by atoms with Gasteiger partial charge in [-0.3, -0.25) is 4.98 Å². The summed E-state index contributed by atoms with van der Waals surface area (Å²) in [5, 5.41) is 3.17. The second kappa shape index (κ2) is 6.71. The molecule has 3 aromatic rings. The Morgan fingerprint density at radius 1 is 1.14 bits per heavy atom. The van der Waals surface area contributed by atoms with E-state index in [1.54, 1.807) is 11.3 Å². The van der Waals surface area contributed by atoms with E-state index in [-0.39, 0.29) is 0 Å². The highest BCUT2D eigenvalue weighted by Crippen LogP contribution is 2.31. The fraction of sp³-hybridized carbons (Fsp3) is 0.222. The number of halogens is 1. The molecule has 2 heterocycles. The minimum Gasteiger partial charge on any atom is -0.261 e. The molecule has 4 heteroatoms. The molecule has 0 fully saturated rings. The van der Waals surface area contributed by atoms with Crippen molar-refractivity contribution in [3.63, 3.8) is 0 Å². The Morgan fingerprint density at radius 3 is 2.77 bits per heavy atom. The van der Waals surface area contributed by atoms with E-state index in [0.717, 1.165) is 44.8 Å². The van der Waals surface area contributed by atoms with Gasteiger partial charge in [-0.15, -0.1) is 11.3 Å². The van der Waals surface area contributed by atoms with Gasteiger partial charge in [-0.1, -0.05) is 41.4 Å². The van der Waals surface area contributed by atoms with Crippen LogP contribution in [0, 0.1) is 6.92 Å². The smallest absolute Gasteiger partial charge is 0.124 e. The second-order valence-electron chi connectivity index (χ2n) is 5.29. The number of thiazole rings is 1. The zero-order valence-electron chi connectivity index (χ0n) is 12.6. The van der Waals surface area contributed by atoms with E-state index >= 15 is 0 Å². The first-order valence-electron chi connectivity index (χ1n) is 7.34. The maximum atomic E-state index is 4.79. The topological polar surface area (TPSA) is 25.8 Å². The molecule has 0 radical (unpaired) electrons. The molecule has 0 unspecified atom stereocenters. The number of hydrogen-bond acceptors (Lipinski definition) is 3. The van der Waals surface area contributed by atoms with Gasteiger partial charge in [0.1, 0.15) is 5.01 Å². The van der Waals surface area contributed by atoms with Crippen molar-refractivity contribution in [3.8, 4) is 21.8 Å². The van der Waals surface area contributed by atoms with E-state index in [2.05, 4.69) is 64.4 Å². The second-order valence-corrected chi connectivity index (χ2v) is 7.00. The maximum absolute atomic E-state index is 4.79. The molecule has 0 atom stereocenters. The largest absolute Gasteiger partial charge is 0.261 e. The molecule has 0 saturated carbocycles. The highest BCUT2D eigenvalue weighted by Gasteiger charge is 2.08. The first kappa shape index (κ1) is 15.4. The standard InChI is InChI=1S/C18H17BrN2S/c1-3-4-15-9-14(7-8-20-15)18-21-17(11-22-18)13-6-5-12(2)16(19)10-13/h5-11H,3-4H2,1-2H3. The number of nitrogens with zero attached hydrogens (tertiary/aromatic N) is 2. The van der Waals surface area contributed by atoms with Crippen molar-refractivity contribution in [3.05, 3.63) is 57.6 Å². The lowest BCUT2D eigenvalue weighted by Crippen LogP contribution is -1.89. The SMILES string of the molecule is CCCc1cc(-c2nc(-c3ccc(C)c(Br)c3)cs2)ccn1. The summed E-state index contributed by atoms with van der Waals surface area (Å²) < 4.78 is 1.12. The molecule has 2 nitrogen and oxygen atoms in total. The minimum absolute atomic E-state index is 1.01. The van der Waals surface area contributed by atoms with Crippen LogP contribution < -0.4 is 0 Å². The van der Waals surface area contributed by atoms with Crippen LogP contribution in [0.3, 0.4) is 0 Å². The summed E-state index contributed by atoms with van der Waals surface area (Å²) in [7, 11) is 0. The van der Waals surface area contributed by atoms with Gasteiger partial charge in [0.05, 0.1) is 5.69 Å². The summed E-state index contributed by atoms with van der Waals surface area (Å²) in [6.07, 6.45) is 4.00. The predicted molar refractivity (Wildman–Crippen MR) is 97.2 cm³/mol. The van der Waals surface area contributed by atoms with Gasteiger partial charge in [0.15, 0.2) is 0 Å². The molecule has 2 aromatic heterocycles.